The third-order valence-electron chi connectivity index (χ3n) is 4.60. The van der Waals surface area contributed by atoms with E-state index in [9.17, 15) is 4.79 Å². The number of thiophene rings is 1. The molecule has 0 fully saturated rings. The van der Waals surface area contributed by atoms with E-state index in [1.165, 1.54) is 21.6 Å². The number of hydrogen-bond acceptors (Lipinski definition) is 4. The maximum absolute atomic E-state index is 12.8. The van der Waals surface area contributed by atoms with Crippen molar-refractivity contribution in [2.75, 3.05) is 7.05 Å². The Morgan fingerprint density at radius 3 is 3.00 bits per heavy atom. The van der Waals surface area contributed by atoms with Gasteiger partial charge in [0.15, 0.2) is 0 Å². The minimum Gasteiger partial charge on any atom is -0.334 e. The molecule has 4 rings (SSSR count). The van der Waals surface area contributed by atoms with E-state index < -0.39 is 0 Å². The van der Waals surface area contributed by atoms with Gasteiger partial charge in [-0.05, 0) is 48.9 Å². The third kappa shape index (κ3) is 2.98. The average molecular weight is 357 g/mol. The first-order chi connectivity index (χ1) is 11.6. The van der Waals surface area contributed by atoms with Crippen molar-refractivity contribution in [2.24, 2.45) is 5.92 Å². The molecule has 24 heavy (non-hydrogen) atoms. The fourth-order valence-corrected chi connectivity index (χ4v) is 5.49. The molecule has 0 saturated heterocycles. The van der Waals surface area contributed by atoms with Gasteiger partial charge in [-0.15, -0.1) is 22.7 Å². The number of thiazole rings is 1. The molecule has 1 amide bonds. The molecule has 2 aromatic heterocycles. The van der Waals surface area contributed by atoms with Crippen molar-refractivity contribution in [3.05, 3.63) is 50.7 Å². The highest BCUT2D eigenvalue weighted by Gasteiger charge is 2.22. The van der Waals surface area contributed by atoms with Crippen LogP contribution in [0.1, 0.15) is 38.5 Å². The van der Waals surface area contributed by atoms with E-state index >= 15 is 0 Å². The van der Waals surface area contributed by atoms with E-state index in [0.717, 1.165) is 34.2 Å². The lowest BCUT2D eigenvalue weighted by molar-refractivity contribution is 0.0789. The predicted molar refractivity (Wildman–Crippen MR) is 101 cm³/mol. The molecule has 0 radical (unpaired) electrons. The lowest BCUT2D eigenvalue weighted by Gasteiger charge is -2.16. The molecule has 1 aromatic carbocycles. The van der Waals surface area contributed by atoms with Gasteiger partial charge in [0.05, 0.1) is 21.6 Å². The Bertz CT molecular complexity index is 863. The number of benzene rings is 1. The SMILES string of the molecule is C[C@@H]1CCc2sc(C(=O)N(C)Cc3nc4ccccc4s3)cc2C1. The minimum atomic E-state index is 0.112. The van der Waals surface area contributed by atoms with Crippen molar-refractivity contribution in [3.63, 3.8) is 0 Å². The van der Waals surface area contributed by atoms with Crippen LogP contribution in [-0.4, -0.2) is 22.8 Å². The Kier molecular flexibility index (Phi) is 4.14. The monoisotopic (exact) mass is 356 g/mol. The number of hydrogen-bond donors (Lipinski definition) is 0. The number of carbonyl (C=O) groups excluding carboxylic acids is 1. The second-order valence-corrected chi connectivity index (χ2v) is 8.90. The van der Waals surface area contributed by atoms with Crippen LogP contribution < -0.4 is 0 Å². The van der Waals surface area contributed by atoms with Crippen molar-refractivity contribution in [3.8, 4) is 0 Å². The van der Waals surface area contributed by atoms with Crippen LogP contribution in [0.15, 0.2) is 30.3 Å². The Morgan fingerprint density at radius 1 is 1.33 bits per heavy atom. The molecule has 0 N–H and O–H groups in total. The predicted octanol–water partition coefficient (Wildman–Crippen LogP) is 4.75. The number of carbonyl (C=O) groups is 1. The number of amides is 1. The van der Waals surface area contributed by atoms with Crippen molar-refractivity contribution in [2.45, 2.75) is 32.7 Å². The van der Waals surface area contributed by atoms with Gasteiger partial charge in [0, 0.05) is 11.9 Å². The summed E-state index contributed by atoms with van der Waals surface area (Å²) in [4.78, 5) is 21.5. The second-order valence-electron chi connectivity index (χ2n) is 6.64. The fraction of sp³-hybridized carbons (Fsp3) is 0.368. The summed E-state index contributed by atoms with van der Waals surface area (Å²) in [7, 11) is 1.87. The lowest BCUT2D eigenvalue weighted by Crippen LogP contribution is -2.25. The van der Waals surface area contributed by atoms with Crippen LogP contribution in [0.3, 0.4) is 0 Å². The molecule has 3 nitrogen and oxygen atoms in total. The molecule has 1 atom stereocenters. The molecule has 1 aliphatic carbocycles. The summed E-state index contributed by atoms with van der Waals surface area (Å²) in [6.45, 7) is 2.86. The summed E-state index contributed by atoms with van der Waals surface area (Å²) < 4.78 is 1.17. The summed E-state index contributed by atoms with van der Waals surface area (Å²) in [5.41, 5.74) is 2.40. The first kappa shape index (κ1) is 15.8. The molecule has 2 heterocycles. The summed E-state index contributed by atoms with van der Waals surface area (Å²) in [6, 6.07) is 10.2. The maximum Gasteiger partial charge on any atom is 0.264 e. The Morgan fingerprint density at radius 2 is 2.17 bits per heavy atom. The fourth-order valence-electron chi connectivity index (χ4n) is 3.26. The van der Waals surface area contributed by atoms with Crippen LogP contribution in [-0.2, 0) is 19.4 Å². The molecule has 3 aromatic rings. The number of nitrogens with zero attached hydrogens (tertiary/aromatic N) is 2. The summed E-state index contributed by atoms with van der Waals surface area (Å²) >= 11 is 3.35. The number of rotatable bonds is 3. The van der Waals surface area contributed by atoms with Gasteiger partial charge in [-0.3, -0.25) is 4.79 Å². The Labute approximate surface area is 150 Å². The molecule has 0 unspecified atom stereocenters. The van der Waals surface area contributed by atoms with Gasteiger partial charge in [0.25, 0.3) is 5.91 Å². The first-order valence-electron chi connectivity index (χ1n) is 8.31. The van der Waals surface area contributed by atoms with Crippen LogP contribution >= 0.6 is 22.7 Å². The molecule has 0 saturated carbocycles. The highest BCUT2D eigenvalue weighted by molar-refractivity contribution is 7.18. The van der Waals surface area contributed by atoms with Crippen molar-refractivity contribution < 1.29 is 4.79 Å². The van der Waals surface area contributed by atoms with Crippen LogP contribution in [0, 0.1) is 5.92 Å². The second kappa shape index (κ2) is 6.30. The van der Waals surface area contributed by atoms with Crippen LogP contribution in [0.25, 0.3) is 10.2 Å². The summed E-state index contributed by atoms with van der Waals surface area (Å²) in [6.07, 6.45) is 3.47. The Balaban J connectivity index is 1.51. The third-order valence-corrected chi connectivity index (χ3v) is 6.84. The zero-order chi connectivity index (χ0) is 16.7. The molecular weight excluding hydrogens is 336 g/mol. The highest BCUT2D eigenvalue weighted by Crippen LogP contribution is 2.33. The van der Waals surface area contributed by atoms with Crippen LogP contribution in [0.5, 0.6) is 0 Å². The molecule has 0 aliphatic heterocycles. The van der Waals surface area contributed by atoms with E-state index in [2.05, 4.69) is 24.0 Å². The molecule has 1 aliphatic rings. The van der Waals surface area contributed by atoms with E-state index in [1.807, 2.05) is 25.2 Å². The van der Waals surface area contributed by atoms with E-state index in [1.54, 1.807) is 27.6 Å². The van der Waals surface area contributed by atoms with Gasteiger partial charge < -0.3 is 4.90 Å². The van der Waals surface area contributed by atoms with E-state index in [4.69, 9.17) is 0 Å². The molecule has 0 spiro atoms. The number of para-hydroxylation sites is 1. The number of aryl methyl sites for hydroxylation is 1. The summed E-state index contributed by atoms with van der Waals surface area (Å²) in [5.74, 6) is 0.844. The minimum absolute atomic E-state index is 0.112. The van der Waals surface area contributed by atoms with Gasteiger partial charge in [-0.2, -0.15) is 0 Å². The van der Waals surface area contributed by atoms with E-state index in [0.29, 0.717) is 6.54 Å². The first-order valence-corrected chi connectivity index (χ1v) is 9.95. The molecule has 0 bridgehead atoms. The Hall–Kier alpha value is -1.72. The smallest absolute Gasteiger partial charge is 0.264 e. The zero-order valence-electron chi connectivity index (χ0n) is 13.9. The molecular formula is C19H20N2OS2. The normalized spacial score (nSPS) is 17.0. The maximum atomic E-state index is 12.8. The average Bonchev–Trinajstić information content (AvgIpc) is 3.16. The van der Waals surface area contributed by atoms with Crippen molar-refractivity contribution >= 4 is 38.8 Å². The van der Waals surface area contributed by atoms with Crippen molar-refractivity contribution in [1.82, 2.24) is 9.88 Å². The van der Waals surface area contributed by atoms with Crippen LogP contribution in [0.2, 0.25) is 0 Å². The number of fused-ring (bicyclic) bond motifs is 2. The summed E-state index contributed by atoms with van der Waals surface area (Å²) in [5, 5.41) is 0.988. The van der Waals surface area contributed by atoms with Crippen LogP contribution in [0.4, 0.5) is 0 Å². The highest BCUT2D eigenvalue weighted by atomic mass is 32.1. The van der Waals surface area contributed by atoms with Gasteiger partial charge >= 0.3 is 0 Å². The largest absolute Gasteiger partial charge is 0.334 e. The van der Waals surface area contributed by atoms with Gasteiger partial charge in [0.1, 0.15) is 5.01 Å². The standard InChI is InChI=1S/C19H20N2OS2/c1-12-7-8-15-13(9-12)10-17(23-15)19(22)21(2)11-18-20-14-5-3-4-6-16(14)24-18/h3-6,10,12H,7-9,11H2,1-2H3/t12-/m1/s1. The van der Waals surface area contributed by atoms with Gasteiger partial charge in [0.2, 0.25) is 0 Å². The molecule has 124 valence electrons. The molecule has 5 heteroatoms. The van der Waals surface area contributed by atoms with Crippen molar-refractivity contribution in [1.29, 1.82) is 0 Å². The van der Waals surface area contributed by atoms with Gasteiger partial charge in [-0.1, -0.05) is 19.1 Å². The quantitative estimate of drug-likeness (QED) is 0.678. The van der Waals surface area contributed by atoms with Gasteiger partial charge in [-0.25, -0.2) is 4.98 Å². The zero-order valence-corrected chi connectivity index (χ0v) is 15.5. The lowest BCUT2D eigenvalue weighted by atomic mass is 9.90. The van der Waals surface area contributed by atoms with E-state index in [-0.39, 0.29) is 5.91 Å². The number of aromatic nitrogens is 1. The topological polar surface area (TPSA) is 33.2 Å².